The van der Waals surface area contributed by atoms with E-state index >= 15 is 0 Å². The van der Waals surface area contributed by atoms with Gasteiger partial charge in [0.15, 0.2) is 69.4 Å². The van der Waals surface area contributed by atoms with Crippen LogP contribution in [-0.2, 0) is 0 Å². The summed E-state index contributed by atoms with van der Waals surface area (Å²) in [4.78, 5) is 0. The largest absolute Gasteiger partial charge is 2.00 e. The van der Waals surface area contributed by atoms with Crippen molar-refractivity contribution in [1.82, 2.24) is 0 Å². The van der Waals surface area contributed by atoms with Crippen molar-refractivity contribution in [3.8, 4) is 0 Å². The van der Waals surface area contributed by atoms with Gasteiger partial charge >= 0.3 is 48.9 Å². The zero-order chi connectivity index (χ0) is 0. The number of hydrogen-bond acceptors (Lipinski definition) is 0. The molecular formula is H14Al4Ba. The summed E-state index contributed by atoms with van der Waals surface area (Å²) in [6, 6.07) is 0. The smallest absolute Gasteiger partial charge is 1.00 e. The molecule has 0 aliphatic rings. The Balaban J connectivity index is 0. The maximum absolute atomic E-state index is 0. The van der Waals surface area contributed by atoms with Gasteiger partial charge in [0.1, 0.15) is 0 Å². The maximum Gasteiger partial charge on any atom is 2.00 e. The van der Waals surface area contributed by atoms with Gasteiger partial charge in [-0.15, -0.1) is 0 Å². The average molecular weight is 259 g/mol. The molecule has 0 amide bonds. The fraction of sp³-hybridized carbons (Fsp3) is 0. The van der Waals surface area contributed by atoms with Crippen molar-refractivity contribution < 1.29 is 2.85 Å². The van der Waals surface area contributed by atoms with Crippen molar-refractivity contribution in [2.24, 2.45) is 0 Å². The van der Waals surface area contributed by atoms with Crippen molar-refractivity contribution in [3.05, 3.63) is 0 Å². The molecule has 0 heterocycles. The van der Waals surface area contributed by atoms with Gasteiger partial charge in [-0.05, 0) is 0 Å². The molecule has 0 saturated heterocycles. The van der Waals surface area contributed by atoms with Crippen LogP contribution in [0.25, 0.3) is 0 Å². The zero-order valence-corrected chi connectivity index (χ0v) is 5.15. The standard InChI is InChI=1S/4Al.Ba.14H/q;;;;+2;;;;;;;;;;;;;2*-1. The second kappa shape index (κ2) is 25.2. The van der Waals surface area contributed by atoms with E-state index in [1.54, 1.807) is 0 Å². The Morgan fingerprint density at radius 1 is 0.600 bits per heavy atom. The summed E-state index contributed by atoms with van der Waals surface area (Å²) in [6.07, 6.45) is 0. The van der Waals surface area contributed by atoms with Crippen molar-refractivity contribution in [1.29, 1.82) is 0 Å². The van der Waals surface area contributed by atoms with Crippen LogP contribution in [0, 0.1) is 0 Å². The van der Waals surface area contributed by atoms with E-state index in [0.29, 0.717) is 0 Å². The van der Waals surface area contributed by atoms with E-state index in [9.17, 15) is 0 Å². The minimum atomic E-state index is 0. The third-order valence-electron chi connectivity index (χ3n) is 0. The van der Waals surface area contributed by atoms with E-state index in [4.69, 9.17) is 0 Å². The second-order valence-electron chi connectivity index (χ2n) is 0. The molecule has 0 rings (SSSR count). The molecule has 0 radical (unpaired) electrons. The summed E-state index contributed by atoms with van der Waals surface area (Å²) < 4.78 is 0. The van der Waals surface area contributed by atoms with Crippen LogP contribution in [-0.4, -0.2) is 118 Å². The Hall–Kier alpha value is 3.70. The Morgan fingerprint density at radius 3 is 0.600 bits per heavy atom. The molecule has 0 unspecified atom stereocenters. The third-order valence-corrected chi connectivity index (χ3v) is 0. The van der Waals surface area contributed by atoms with E-state index in [2.05, 4.69) is 0 Å². The Morgan fingerprint density at radius 2 is 0.600 bits per heavy atom. The van der Waals surface area contributed by atoms with E-state index in [-0.39, 0.29) is 121 Å². The summed E-state index contributed by atoms with van der Waals surface area (Å²) >= 11 is 0. The Kier molecular flexibility index (Phi) is 190. The molecule has 0 fully saturated rings. The van der Waals surface area contributed by atoms with Crippen molar-refractivity contribution >= 4 is 118 Å². The Labute approximate surface area is 118 Å². The summed E-state index contributed by atoms with van der Waals surface area (Å²) in [6.45, 7) is 0. The van der Waals surface area contributed by atoms with E-state index in [1.165, 1.54) is 0 Å². The molecule has 0 aliphatic heterocycles. The zero-order valence-electron chi connectivity index (χ0n) is 2.71. The van der Waals surface area contributed by atoms with Crippen LogP contribution < -0.4 is 0 Å². The first-order chi connectivity index (χ1) is 0. The van der Waals surface area contributed by atoms with E-state index in [1.807, 2.05) is 0 Å². The van der Waals surface area contributed by atoms with Crippen LogP contribution in [0.4, 0.5) is 0 Å². The van der Waals surface area contributed by atoms with Crippen LogP contribution in [0.2, 0.25) is 0 Å². The summed E-state index contributed by atoms with van der Waals surface area (Å²) in [5.41, 5.74) is 0. The first kappa shape index (κ1) is 37.7. The second-order valence-corrected chi connectivity index (χ2v) is 0. The van der Waals surface area contributed by atoms with Gasteiger partial charge in [-0.25, -0.2) is 0 Å². The summed E-state index contributed by atoms with van der Waals surface area (Å²) in [5, 5.41) is 0. The molecule has 0 atom stereocenters. The van der Waals surface area contributed by atoms with Crippen LogP contribution in [0.1, 0.15) is 2.85 Å². The molecule has 0 aromatic carbocycles. The normalized spacial score (nSPS) is 0. The maximum atomic E-state index is 0. The van der Waals surface area contributed by atoms with Gasteiger partial charge in [-0.2, -0.15) is 0 Å². The SMILES string of the molecule is [AlH3].[AlH3].[AlH3].[AlH3].[Ba+2].[H-].[H-]. The van der Waals surface area contributed by atoms with Gasteiger partial charge in [0, 0.05) is 0 Å². The third kappa shape index (κ3) is 18.3. The van der Waals surface area contributed by atoms with E-state index in [0.717, 1.165) is 0 Å². The van der Waals surface area contributed by atoms with Gasteiger partial charge < -0.3 is 2.85 Å². The first-order valence-electron chi connectivity index (χ1n) is 0. The molecule has 28 valence electrons. The van der Waals surface area contributed by atoms with Crippen LogP contribution >= 0.6 is 0 Å². The van der Waals surface area contributed by atoms with Gasteiger partial charge in [-0.3, -0.25) is 0 Å². The topological polar surface area (TPSA) is 0 Å². The first-order valence-corrected chi connectivity index (χ1v) is 0. The van der Waals surface area contributed by atoms with Gasteiger partial charge in [0.25, 0.3) is 0 Å². The average Bonchev–Trinajstić information content (AvgIpc) is 0. The monoisotopic (exact) mass is 260 g/mol. The minimum Gasteiger partial charge on any atom is -1.00 e. The predicted molar refractivity (Wildman–Crippen MR) is 47.7 cm³/mol. The molecule has 0 saturated carbocycles. The predicted octanol–water partition coefficient (Wildman–Crippen LogP) is -4.89. The minimum absolute atomic E-state index is 0. The Bertz CT molecular complexity index is 9.65. The molecular weight excluding hydrogens is 245 g/mol. The molecule has 0 aromatic rings. The molecule has 0 spiro atoms. The van der Waals surface area contributed by atoms with Crippen LogP contribution in [0.3, 0.4) is 0 Å². The quantitative estimate of drug-likeness (QED) is 0.383. The molecule has 0 bridgehead atoms. The molecule has 0 nitrogen and oxygen atoms in total. The van der Waals surface area contributed by atoms with Gasteiger partial charge in [-0.1, -0.05) is 0 Å². The van der Waals surface area contributed by atoms with Gasteiger partial charge in [0.2, 0.25) is 0 Å². The van der Waals surface area contributed by atoms with Gasteiger partial charge in [0.05, 0.1) is 0 Å². The fourth-order valence-corrected chi connectivity index (χ4v) is 0. The number of rotatable bonds is 0. The molecule has 0 aromatic heterocycles. The molecule has 0 N–H and O–H groups in total. The van der Waals surface area contributed by atoms with Crippen LogP contribution in [0.5, 0.6) is 0 Å². The van der Waals surface area contributed by atoms with Crippen molar-refractivity contribution in [2.75, 3.05) is 0 Å². The molecule has 5 heavy (non-hydrogen) atoms. The summed E-state index contributed by atoms with van der Waals surface area (Å²) in [5.74, 6) is 0. The van der Waals surface area contributed by atoms with Crippen LogP contribution in [0.15, 0.2) is 0 Å². The van der Waals surface area contributed by atoms with Crippen molar-refractivity contribution in [3.63, 3.8) is 0 Å². The number of hydrogen-bond donors (Lipinski definition) is 0. The molecule has 0 aliphatic carbocycles. The van der Waals surface area contributed by atoms with Crippen molar-refractivity contribution in [2.45, 2.75) is 0 Å². The van der Waals surface area contributed by atoms with E-state index < -0.39 is 0 Å². The summed E-state index contributed by atoms with van der Waals surface area (Å²) in [7, 11) is 0. The molecule has 5 heteroatoms. The fourth-order valence-electron chi connectivity index (χ4n) is 0.